The highest BCUT2D eigenvalue weighted by atomic mass is 35.5. The van der Waals surface area contributed by atoms with E-state index in [9.17, 15) is 14.7 Å². The summed E-state index contributed by atoms with van der Waals surface area (Å²) in [6.45, 7) is -0.336. The molecule has 0 aliphatic heterocycles. The number of hydrogen-bond acceptors (Lipinski definition) is 4. The molecule has 1 heterocycles. The zero-order valence-electron chi connectivity index (χ0n) is 9.51. The quantitative estimate of drug-likeness (QED) is 0.855. The van der Waals surface area contributed by atoms with Gasteiger partial charge in [-0.25, -0.2) is 9.36 Å². The number of hydrogen-bond donors (Lipinski definition) is 1. The first-order valence-electron chi connectivity index (χ1n) is 5.12. The Hall–Kier alpha value is -1.85. The Morgan fingerprint density at radius 2 is 2.22 bits per heavy atom. The normalized spacial score (nSPS) is 10.6. The molecule has 2 rings (SSSR count). The van der Waals surface area contributed by atoms with Crippen LogP contribution in [0.1, 0.15) is 5.56 Å². The molecule has 0 atom stereocenters. The number of aromatic nitrogens is 1. The van der Waals surface area contributed by atoms with E-state index in [4.69, 9.17) is 11.6 Å². The lowest BCUT2D eigenvalue weighted by molar-refractivity contribution is 0.173. The maximum absolute atomic E-state index is 11.8. The molecule has 5 nitrogen and oxygen atoms in total. The molecule has 18 heavy (non-hydrogen) atoms. The van der Waals surface area contributed by atoms with Gasteiger partial charge in [-0.05, 0) is 17.7 Å². The standard InChI is InChI=1S/C12H10ClNO4/c1-18-12(17)14-9-4-2-3-8(13)11(9)7(6-15)5-10(14)16/h2-5,15H,6H2,1H3. The van der Waals surface area contributed by atoms with Crippen LogP contribution in [-0.4, -0.2) is 22.9 Å². The number of carbonyl (C=O) groups excluding carboxylic acids is 1. The second-order valence-electron chi connectivity index (χ2n) is 3.61. The van der Waals surface area contributed by atoms with Gasteiger partial charge in [0.1, 0.15) is 0 Å². The van der Waals surface area contributed by atoms with Gasteiger partial charge in [-0.15, -0.1) is 0 Å². The molecule has 6 heteroatoms. The van der Waals surface area contributed by atoms with E-state index < -0.39 is 11.7 Å². The molecule has 0 amide bonds. The Morgan fingerprint density at radius 1 is 1.50 bits per heavy atom. The lowest BCUT2D eigenvalue weighted by Crippen LogP contribution is -2.27. The zero-order chi connectivity index (χ0) is 13.3. The van der Waals surface area contributed by atoms with E-state index in [1.807, 2.05) is 0 Å². The minimum Gasteiger partial charge on any atom is -0.452 e. The summed E-state index contributed by atoms with van der Waals surface area (Å²) in [7, 11) is 1.19. The number of nitrogens with zero attached hydrogens (tertiary/aromatic N) is 1. The molecule has 1 aromatic carbocycles. The highest BCUT2D eigenvalue weighted by Crippen LogP contribution is 2.25. The third kappa shape index (κ3) is 1.87. The van der Waals surface area contributed by atoms with E-state index in [-0.39, 0.29) is 6.61 Å². The molecule has 0 spiro atoms. The van der Waals surface area contributed by atoms with Crippen LogP contribution in [0.15, 0.2) is 29.1 Å². The second-order valence-corrected chi connectivity index (χ2v) is 4.01. The van der Waals surface area contributed by atoms with Crippen molar-refractivity contribution in [3.63, 3.8) is 0 Å². The van der Waals surface area contributed by atoms with E-state index >= 15 is 0 Å². The predicted molar refractivity (Wildman–Crippen MR) is 66.9 cm³/mol. The Labute approximate surface area is 107 Å². The number of fused-ring (bicyclic) bond motifs is 1. The lowest BCUT2D eigenvalue weighted by atomic mass is 10.1. The number of carbonyl (C=O) groups is 1. The zero-order valence-corrected chi connectivity index (χ0v) is 10.3. The van der Waals surface area contributed by atoms with Crippen molar-refractivity contribution in [3.8, 4) is 0 Å². The van der Waals surface area contributed by atoms with Gasteiger partial charge in [-0.3, -0.25) is 4.79 Å². The summed E-state index contributed by atoms with van der Waals surface area (Å²) >= 11 is 6.03. The van der Waals surface area contributed by atoms with E-state index in [1.54, 1.807) is 18.2 Å². The number of benzene rings is 1. The van der Waals surface area contributed by atoms with E-state index in [2.05, 4.69) is 4.74 Å². The molecule has 0 fully saturated rings. The summed E-state index contributed by atoms with van der Waals surface area (Å²) in [6, 6.07) is 5.98. The molecule has 2 aromatic rings. The van der Waals surface area contributed by atoms with Crippen LogP contribution in [-0.2, 0) is 11.3 Å². The molecule has 1 N–H and O–H groups in total. The molecule has 0 saturated carbocycles. The summed E-state index contributed by atoms with van der Waals surface area (Å²) in [5, 5.41) is 10.1. The average Bonchev–Trinajstić information content (AvgIpc) is 2.37. The van der Waals surface area contributed by atoms with Crippen molar-refractivity contribution < 1.29 is 14.6 Å². The molecule has 0 aliphatic rings. The SMILES string of the molecule is COC(=O)n1c(=O)cc(CO)c2c(Cl)cccc21. The molecular weight excluding hydrogens is 258 g/mol. The Balaban J connectivity index is 2.97. The van der Waals surface area contributed by atoms with Gasteiger partial charge in [0, 0.05) is 11.5 Å². The Morgan fingerprint density at radius 3 is 2.83 bits per heavy atom. The van der Waals surface area contributed by atoms with Crippen molar-refractivity contribution in [1.82, 2.24) is 4.57 Å². The fourth-order valence-electron chi connectivity index (χ4n) is 1.83. The van der Waals surface area contributed by atoms with Crippen LogP contribution in [0.2, 0.25) is 5.02 Å². The van der Waals surface area contributed by atoms with Crippen LogP contribution in [0.3, 0.4) is 0 Å². The predicted octanol–water partition coefficient (Wildman–Crippen LogP) is 1.76. The van der Waals surface area contributed by atoms with Crippen LogP contribution in [0.5, 0.6) is 0 Å². The summed E-state index contributed by atoms with van der Waals surface area (Å²) in [5.41, 5.74) is 0.118. The lowest BCUT2D eigenvalue weighted by Gasteiger charge is -2.11. The molecule has 0 saturated heterocycles. The largest absolute Gasteiger partial charge is 0.452 e. The van der Waals surface area contributed by atoms with E-state index in [0.29, 0.717) is 21.5 Å². The average molecular weight is 268 g/mol. The van der Waals surface area contributed by atoms with Gasteiger partial charge >= 0.3 is 6.09 Å². The molecule has 94 valence electrons. The summed E-state index contributed by atoms with van der Waals surface area (Å²) in [6.07, 6.45) is -0.795. The summed E-state index contributed by atoms with van der Waals surface area (Å²) in [4.78, 5) is 23.4. The van der Waals surface area contributed by atoms with Crippen molar-refractivity contribution in [3.05, 3.63) is 45.2 Å². The monoisotopic (exact) mass is 267 g/mol. The fourth-order valence-corrected chi connectivity index (χ4v) is 2.12. The number of ether oxygens (including phenoxy) is 1. The minimum atomic E-state index is -0.795. The van der Waals surface area contributed by atoms with Gasteiger partial charge in [0.2, 0.25) is 0 Å². The minimum absolute atomic E-state index is 0.311. The number of aliphatic hydroxyl groups is 1. The van der Waals surface area contributed by atoms with E-state index in [0.717, 1.165) is 4.57 Å². The number of halogens is 1. The van der Waals surface area contributed by atoms with Crippen LogP contribution in [0, 0.1) is 0 Å². The van der Waals surface area contributed by atoms with Crippen molar-refractivity contribution in [2.45, 2.75) is 6.61 Å². The van der Waals surface area contributed by atoms with Crippen molar-refractivity contribution in [2.75, 3.05) is 7.11 Å². The molecule has 0 aliphatic carbocycles. The molecular formula is C12H10ClNO4. The third-order valence-corrected chi connectivity index (χ3v) is 2.91. The Kier molecular flexibility index (Phi) is 3.36. The van der Waals surface area contributed by atoms with E-state index in [1.165, 1.54) is 13.2 Å². The topological polar surface area (TPSA) is 68.5 Å². The van der Waals surface area contributed by atoms with Gasteiger partial charge in [-0.1, -0.05) is 17.7 Å². The molecule has 0 radical (unpaired) electrons. The van der Waals surface area contributed by atoms with Crippen molar-refractivity contribution in [1.29, 1.82) is 0 Å². The third-order valence-electron chi connectivity index (χ3n) is 2.60. The van der Waals surface area contributed by atoms with Crippen LogP contribution < -0.4 is 5.56 Å². The number of rotatable bonds is 1. The summed E-state index contributed by atoms with van der Waals surface area (Å²) < 4.78 is 5.43. The van der Waals surface area contributed by atoms with Crippen LogP contribution in [0.25, 0.3) is 10.9 Å². The molecule has 0 unspecified atom stereocenters. The molecule has 1 aromatic heterocycles. The summed E-state index contributed by atoms with van der Waals surface area (Å²) in [5.74, 6) is 0. The Bertz CT molecular complexity index is 678. The van der Waals surface area contributed by atoms with Crippen molar-refractivity contribution >= 4 is 28.6 Å². The first-order valence-corrected chi connectivity index (χ1v) is 5.50. The van der Waals surface area contributed by atoms with Gasteiger partial charge in [0.05, 0.1) is 24.3 Å². The van der Waals surface area contributed by atoms with Gasteiger partial charge in [0.25, 0.3) is 5.56 Å². The number of methoxy groups -OCH3 is 1. The maximum atomic E-state index is 11.8. The first kappa shape index (κ1) is 12.6. The second kappa shape index (κ2) is 4.80. The van der Waals surface area contributed by atoms with Gasteiger partial charge in [-0.2, -0.15) is 0 Å². The van der Waals surface area contributed by atoms with Crippen molar-refractivity contribution in [2.24, 2.45) is 0 Å². The number of aliphatic hydroxyl groups excluding tert-OH is 1. The van der Waals surface area contributed by atoms with Crippen LogP contribution >= 0.6 is 11.6 Å². The van der Waals surface area contributed by atoms with Gasteiger partial charge in [0.15, 0.2) is 0 Å². The maximum Gasteiger partial charge on any atom is 0.421 e. The molecule has 0 bridgehead atoms. The van der Waals surface area contributed by atoms with Crippen LogP contribution in [0.4, 0.5) is 4.79 Å². The fraction of sp³-hybridized carbons (Fsp3) is 0.167. The smallest absolute Gasteiger partial charge is 0.421 e. The highest BCUT2D eigenvalue weighted by Gasteiger charge is 2.15. The first-order chi connectivity index (χ1) is 8.60. The highest BCUT2D eigenvalue weighted by molar-refractivity contribution is 6.35. The van der Waals surface area contributed by atoms with Gasteiger partial charge < -0.3 is 9.84 Å². The number of pyridine rings is 1.